The molecule has 3 nitrogen and oxygen atoms in total. The molecule has 0 fully saturated rings. The first kappa shape index (κ1) is 32.5. The molecule has 53 heavy (non-hydrogen) atoms. The summed E-state index contributed by atoms with van der Waals surface area (Å²) >= 11 is 3.72. The third-order valence-electron chi connectivity index (χ3n) is 11.1. The minimum atomic E-state index is -2.09. The van der Waals surface area contributed by atoms with Gasteiger partial charge in [-0.2, -0.15) is 0 Å². The fourth-order valence-electron chi connectivity index (χ4n) is 8.23. The lowest BCUT2D eigenvalue weighted by Crippen LogP contribution is -2.56. The molecule has 0 saturated heterocycles. The van der Waals surface area contributed by atoms with Gasteiger partial charge in [0.2, 0.25) is 0 Å². The highest BCUT2D eigenvalue weighted by Crippen LogP contribution is 2.55. The zero-order valence-corrected chi connectivity index (χ0v) is 32.6. The Kier molecular flexibility index (Phi) is 7.48. The van der Waals surface area contributed by atoms with Crippen LogP contribution in [0.25, 0.3) is 11.1 Å². The van der Waals surface area contributed by atoms with Gasteiger partial charge in [0.05, 0.1) is 11.4 Å². The highest BCUT2D eigenvalue weighted by molar-refractivity contribution is 8.05. The monoisotopic (exact) mass is 739 g/mol. The Morgan fingerprint density at radius 1 is 0.509 bits per heavy atom. The molecule has 6 heteroatoms. The zero-order chi connectivity index (χ0) is 35.9. The van der Waals surface area contributed by atoms with Crippen LogP contribution in [0.3, 0.4) is 0 Å². The van der Waals surface area contributed by atoms with Crippen molar-refractivity contribution in [3.8, 4) is 34.1 Å². The molecule has 0 aromatic heterocycles. The number of benzene rings is 7. The van der Waals surface area contributed by atoms with Gasteiger partial charge in [-0.15, -0.1) is 0 Å². The Morgan fingerprint density at radius 3 is 1.91 bits per heavy atom. The predicted octanol–water partition coefficient (Wildman–Crippen LogP) is 12.8. The van der Waals surface area contributed by atoms with Crippen molar-refractivity contribution in [1.29, 1.82) is 0 Å². The number of rotatable bonds is 4. The first-order valence-electron chi connectivity index (χ1n) is 18.1. The number of hydrogen-bond donors (Lipinski definition) is 0. The van der Waals surface area contributed by atoms with Gasteiger partial charge in [0.1, 0.15) is 19.6 Å². The normalized spacial score (nSPS) is 15.2. The Morgan fingerprint density at radius 2 is 1.09 bits per heavy atom. The first-order chi connectivity index (χ1) is 25.8. The van der Waals surface area contributed by atoms with E-state index in [0.29, 0.717) is 0 Å². The Hall–Kier alpha value is -5.14. The van der Waals surface area contributed by atoms with Crippen LogP contribution in [0.1, 0.15) is 25.0 Å². The molecule has 7 aromatic carbocycles. The minimum Gasteiger partial charge on any atom is -0.455 e. The second kappa shape index (κ2) is 12.2. The largest absolute Gasteiger partial charge is 0.455 e. The van der Waals surface area contributed by atoms with E-state index in [1.807, 2.05) is 23.5 Å². The SMILES string of the molecule is CC1(C)c2ccccc2Oc2c(N(c3ccc(-c4cccc5c4Sc4ccccc4S5)cc3)c3cccc4c3Oc3ccccc3[Si]4(C)C)cccc21. The Bertz CT molecular complexity index is 2490. The molecule has 0 saturated carbocycles. The number of hydrogen-bond acceptors (Lipinski definition) is 5. The molecule has 3 aliphatic rings. The molecule has 7 aromatic rings. The van der Waals surface area contributed by atoms with Crippen molar-refractivity contribution in [3.63, 3.8) is 0 Å². The van der Waals surface area contributed by atoms with E-state index in [2.05, 4.69) is 184 Å². The minimum absolute atomic E-state index is 0.253. The topological polar surface area (TPSA) is 21.7 Å². The summed E-state index contributed by atoms with van der Waals surface area (Å²) in [5.41, 5.74) is 7.55. The second-order valence-corrected chi connectivity index (χ2v) is 21.4. The molecule has 10 rings (SSSR count). The Labute approximate surface area is 320 Å². The van der Waals surface area contributed by atoms with E-state index in [4.69, 9.17) is 9.47 Å². The van der Waals surface area contributed by atoms with Crippen molar-refractivity contribution in [2.45, 2.75) is 51.9 Å². The number of fused-ring (bicyclic) bond motifs is 6. The summed E-state index contributed by atoms with van der Waals surface area (Å²) in [6.45, 7) is 9.45. The fourth-order valence-corrected chi connectivity index (χ4v) is 13.4. The Balaban J connectivity index is 1.15. The summed E-state index contributed by atoms with van der Waals surface area (Å²) in [6, 6.07) is 54.6. The zero-order valence-electron chi connectivity index (χ0n) is 30.0. The van der Waals surface area contributed by atoms with E-state index in [9.17, 15) is 0 Å². The number of anilines is 3. The quantitative estimate of drug-likeness (QED) is 0.167. The summed E-state index contributed by atoms with van der Waals surface area (Å²) in [5.74, 6) is 3.64. The summed E-state index contributed by atoms with van der Waals surface area (Å²) < 4.78 is 13.9. The molecule has 3 aliphatic heterocycles. The molecule has 0 atom stereocenters. The van der Waals surface area contributed by atoms with E-state index in [0.717, 1.165) is 45.6 Å². The number of ether oxygens (including phenoxy) is 2. The average molecular weight is 740 g/mol. The van der Waals surface area contributed by atoms with Crippen molar-refractivity contribution in [2.75, 3.05) is 4.90 Å². The fraction of sp³-hybridized carbons (Fsp3) is 0.106. The van der Waals surface area contributed by atoms with Gasteiger partial charge in [0.25, 0.3) is 0 Å². The van der Waals surface area contributed by atoms with Gasteiger partial charge in [0, 0.05) is 41.8 Å². The van der Waals surface area contributed by atoms with Gasteiger partial charge < -0.3 is 14.4 Å². The lowest BCUT2D eigenvalue weighted by Gasteiger charge is -2.39. The van der Waals surface area contributed by atoms with Crippen LogP contribution in [0.15, 0.2) is 171 Å². The second-order valence-electron chi connectivity index (χ2n) is 14.9. The summed E-state index contributed by atoms with van der Waals surface area (Å²) in [7, 11) is -2.09. The van der Waals surface area contributed by atoms with Gasteiger partial charge in [0.15, 0.2) is 11.5 Å². The third-order valence-corrected chi connectivity index (χ3v) is 17.2. The molecule has 0 radical (unpaired) electrons. The molecular weight excluding hydrogens is 703 g/mol. The lowest BCUT2D eigenvalue weighted by atomic mass is 9.75. The summed E-state index contributed by atoms with van der Waals surface area (Å²) in [4.78, 5) is 7.58. The van der Waals surface area contributed by atoms with Gasteiger partial charge in [-0.1, -0.05) is 148 Å². The molecule has 3 heterocycles. The average Bonchev–Trinajstić information content (AvgIpc) is 3.18. The standard InChI is InChI=1S/C47H37NO2S2Si/c1-47(2)33-15-5-6-19-37(33)49-44-34(47)16-12-17-35(44)48(36-18-13-25-43-45(36)50-38-20-7-10-24-42(38)53(43,3)4)31-28-26-30(27-29-31)32-14-11-23-41-46(32)52-40-22-9-8-21-39(40)51-41/h5-29H,1-4H3. The van der Waals surface area contributed by atoms with Crippen molar-refractivity contribution in [2.24, 2.45) is 0 Å². The van der Waals surface area contributed by atoms with Crippen LogP contribution in [0.2, 0.25) is 13.1 Å². The maximum atomic E-state index is 6.94. The highest BCUT2D eigenvalue weighted by Gasteiger charge is 2.40. The van der Waals surface area contributed by atoms with E-state index in [1.165, 1.54) is 46.6 Å². The number of para-hydroxylation sites is 4. The lowest BCUT2D eigenvalue weighted by molar-refractivity contribution is 0.419. The van der Waals surface area contributed by atoms with Crippen molar-refractivity contribution in [1.82, 2.24) is 0 Å². The van der Waals surface area contributed by atoms with Gasteiger partial charge in [-0.3, -0.25) is 0 Å². The molecule has 0 spiro atoms. The van der Waals surface area contributed by atoms with Crippen LogP contribution in [0, 0.1) is 0 Å². The van der Waals surface area contributed by atoms with Crippen LogP contribution >= 0.6 is 23.5 Å². The molecule has 0 aliphatic carbocycles. The van der Waals surface area contributed by atoms with Crippen LogP contribution in [-0.2, 0) is 5.41 Å². The maximum Gasteiger partial charge on any atom is 0.155 e. The van der Waals surface area contributed by atoms with Crippen LogP contribution in [-0.4, -0.2) is 8.07 Å². The van der Waals surface area contributed by atoms with Gasteiger partial charge in [-0.25, -0.2) is 0 Å². The maximum absolute atomic E-state index is 6.94. The molecule has 258 valence electrons. The highest BCUT2D eigenvalue weighted by atomic mass is 32.2. The van der Waals surface area contributed by atoms with Crippen LogP contribution in [0.4, 0.5) is 17.1 Å². The van der Waals surface area contributed by atoms with E-state index < -0.39 is 8.07 Å². The summed E-state index contributed by atoms with van der Waals surface area (Å²) in [5, 5.41) is 2.61. The van der Waals surface area contributed by atoms with E-state index >= 15 is 0 Å². The summed E-state index contributed by atoms with van der Waals surface area (Å²) in [6.07, 6.45) is 0. The number of nitrogens with zero attached hydrogens (tertiary/aromatic N) is 1. The predicted molar refractivity (Wildman–Crippen MR) is 223 cm³/mol. The van der Waals surface area contributed by atoms with Crippen molar-refractivity contribution < 1.29 is 9.47 Å². The molecule has 0 amide bonds. The van der Waals surface area contributed by atoms with Crippen molar-refractivity contribution >= 4 is 59.0 Å². The molecule has 0 N–H and O–H groups in total. The molecule has 0 bridgehead atoms. The van der Waals surface area contributed by atoms with Crippen LogP contribution in [0.5, 0.6) is 23.0 Å². The van der Waals surface area contributed by atoms with Gasteiger partial charge in [-0.05, 0) is 76.1 Å². The molecule has 0 unspecified atom stereocenters. The van der Waals surface area contributed by atoms with Gasteiger partial charge >= 0.3 is 0 Å². The van der Waals surface area contributed by atoms with Crippen LogP contribution < -0.4 is 24.7 Å². The van der Waals surface area contributed by atoms with Crippen molar-refractivity contribution in [3.05, 3.63) is 163 Å². The van der Waals surface area contributed by atoms with E-state index in [-0.39, 0.29) is 5.41 Å². The smallest absolute Gasteiger partial charge is 0.155 e. The first-order valence-corrected chi connectivity index (χ1v) is 22.7. The van der Waals surface area contributed by atoms with E-state index in [1.54, 1.807) is 0 Å². The molecular formula is C47H37NO2S2Si. The third kappa shape index (κ3) is 5.11.